The van der Waals surface area contributed by atoms with E-state index in [4.69, 9.17) is 18.9 Å². The molecule has 1 amide bonds. The van der Waals surface area contributed by atoms with Gasteiger partial charge in [0.25, 0.3) is 11.5 Å². The number of ether oxygens (including phenoxy) is 4. The van der Waals surface area contributed by atoms with Gasteiger partial charge in [0.05, 0.1) is 33.6 Å². The van der Waals surface area contributed by atoms with Crippen LogP contribution in [0.1, 0.15) is 0 Å². The summed E-state index contributed by atoms with van der Waals surface area (Å²) in [4.78, 5) is 24.3. The van der Waals surface area contributed by atoms with Gasteiger partial charge in [-0.1, -0.05) is 6.07 Å². The first-order chi connectivity index (χ1) is 15.5. The lowest BCUT2D eigenvalue weighted by atomic mass is 10.1. The molecule has 0 saturated heterocycles. The SMILES string of the molecule is COc1cccc(OCC(=O)NCCn2nc(-c3cc(OC)ccc3OC)ccc2=O)c1. The summed E-state index contributed by atoms with van der Waals surface area (Å²) in [7, 11) is 4.69. The molecule has 0 radical (unpaired) electrons. The van der Waals surface area contributed by atoms with Crippen molar-refractivity contribution in [2.24, 2.45) is 0 Å². The zero-order valence-corrected chi connectivity index (χ0v) is 18.2. The molecule has 3 aromatic rings. The van der Waals surface area contributed by atoms with Crippen LogP contribution in [0.25, 0.3) is 11.3 Å². The van der Waals surface area contributed by atoms with E-state index >= 15 is 0 Å². The molecule has 0 aliphatic rings. The molecule has 9 heteroatoms. The van der Waals surface area contributed by atoms with Crippen molar-refractivity contribution in [1.82, 2.24) is 15.1 Å². The first-order valence-electron chi connectivity index (χ1n) is 9.88. The van der Waals surface area contributed by atoms with Gasteiger partial charge in [-0.2, -0.15) is 5.10 Å². The summed E-state index contributed by atoms with van der Waals surface area (Å²) >= 11 is 0. The van der Waals surface area contributed by atoms with Crippen LogP contribution in [0.2, 0.25) is 0 Å². The largest absolute Gasteiger partial charge is 0.497 e. The van der Waals surface area contributed by atoms with E-state index in [0.29, 0.717) is 34.3 Å². The van der Waals surface area contributed by atoms with Crippen LogP contribution in [0.4, 0.5) is 0 Å². The molecular formula is C23H25N3O6. The van der Waals surface area contributed by atoms with Gasteiger partial charge < -0.3 is 24.3 Å². The Balaban J connectivity index is 1.61. The van der Waals surface area contributed by atoms with Crippen LogP contribution in [0, 0.1) is 0 Å². The predicted molar refractivity (Wildman–Crippen MR) is 119 cm³/mol. The molecule has 2 aromatic carbocycles. The molecule has 0 bridgehead atoms. The zero-order valence-electron chi connectivity index (χ0n) is 18.2. The summed E-state index contributed by atoms with van der Waals surface area (Å²) < 4.78 is 22.5. The molecule has 0 fully saturated rings. The van der Waals surface area contributed by atoms with Gasteiger partial charge in [0.1, 0.15) is 23.0 Å². The van der Waals surface area contributed by atoms with Gasteiger partial charge >= 0.3 is 0 Å². The highest BCUT2D eigenvalue weighted by molar-refractivity contribution is 5.77. The second-order valence-corrected chi connectivity index (χ2v) is 6.66. The average Bonchev–Trinajstić information content (AvgIpc) is 2.83. The predicted octanol–water partition coefficient (Wildman–Crippen LogP) is 2.13. The van der Waals surface area contributed by atoms with E-state index in [9.17, 15) is 9.59 Å². The lowest BCUT2D eigenvalue weighted by Gasteiger charge is -2.12. The minimum absolute atomic E-state index is 0.156. The Kier molecular flexibility index (Phi) is 7.69. The van der Waals surface area contributed by atoms with Crippen LogP contribution in [0.15, 0.2) is 59.4 Å². The minimum atomic E-state index is -0.313. The first kappa shape index (κ1) is 22.7. The van der Waals surface area contributed by atoms with Crippen molar-refractivity contribution >= 4 is 5.91 Å². The van der Waals surface area contributed by atoms with Gasteiger partial charge in [0.15, 0.2) is 6.61 Å². The van der Waals surface area contributed by atoms with E-state index in [0.717, 1.165) is 0 Å². The number of carbonyl (C=O) groups excluding carboxylic acids is 1. The van der Waals surface area contributed by atoms with E-state index < -0.39 is 0 Å². The number of hydrogen-bond acceptors (Lipinski definition) is 7. The van der Waals surface area contributed by atoms with Crippen molar-refractivity contribution in [2.45, 2.75) is 6.54 Å². The maximum atomic E-state index is 12.2. The van der Waals surface area contributed by atoms with Crippen molar-refractivity contribution in [3.8, 4) is 34.3 Å². The van der Waals surface area contributed by atoms with Crippen molar-refractivity contribution in [1.29, 1.82) is 0 Å². The summed E-state index contributed by atoms with van der Waals surface area (Å²) in [6.07, 6.45) is 0. The number of carbonyl (C=O) groups is 1. The van der Waals surface area contributed by atoms with E-state index in [1.165, 1.54) is 10.7 Å². The van der Waals surface area contributed by atoms with Crippen LogP contribution >= 0.6 is 0 Å². The number of nitrogens with zero attached hydrogens (tertiary/aromatic N) is 2. The number of benzene rings is 2. The Bertz CT molecular complexity index is 1130. The van der Waals surface area contributed by atoms with Gasteiger partial charge in [-0.05, 0) is 36.4 Å². The number of rotatable bonds is 10. The van der Waals surface area contributed by atoms with Crippen LogP contribution in [-0.4, -0.2) is 50.2 Å². The molecule has 0 aliphatic carbocycles. The molecule has 0 saturated carbocycles. The molecule has 1 aromatic heterocycles. The summed E-state index contributed by atoms with van der Waals surface area (Å²) in [6, 6.07) is 15.4. The maximum absolute atomic E-state index is 12.2. The Morgan fingerprint density at radius 1 is 0.938 bits per heavy atom. The number of amides is 1. The number of methoxy groups -OCH3 is 3. The summed E-state index contributed by atoms with van der Waals surface area (Å²) in [5, 5.41) is 7.13. The summed E-state index contributed by atoms with van der Waals surface area (Å²) in [6.45, 7) is 0.256. The second kappa shape index (κ2) is 10.9. The van der Waals surface area contributed by atoms with Crippen molar-refractivity contribution < 1.29 is 23.7 Å². The fraction of sp³-hybridized carbons (Fsp3) is 0.261. The molecule has 0 spiro atoms. The third kappa shape index (κ3) is 5.78. The Hall–Kier alpha value is -4.01. The van der Waals surface area contributed by atoms with Crippen LogP contribution in [0.3, 0.4) is 0 Å². The Labute approximate surface area is 185 Å². The number of nitrogens with one attached hydrogen (secondary N) is 1. The third-order valence-corrected chi connectivity index (χ3v) is 4.61. The summed E-state index contributed by atoms with van der Waals surface area (Å²) in [5.74, 6) is 2.10. The molecule has 1 heterocycles. The Morgan fingerprint density at radius 2 is 1.69 bits per heavy atom. The maximum Gasteiger partial charge on any atom is 0.266 e. The van der Waals surface area contributed by atoms with Crippen molar-refractivity contribution in [3.05, 3.63) is 65.0 Å². The lowest BCUT2D eigenvalue weighted by molar-refractivity contribution is -0.123. The average molecular weight is 439 g/mol. The highest BCUT2D eigenvalue weighted by Gasteiger charge is 2.11. The smallest absolute Gasteiger partial charge is 0.266 e. The quantitative estimate of drug-likeness (QED) is 0.516. The minimum Gasteiger partial charge on any atom is -0.497 e. The molecular weight excluding hydrogens is 414 g/mol. The van der Waals surface area contributed by atoms with Gasteiger partial charge in [-0.15, -0.1) is 0 Å². The van der Waals surface area contributed by atoms with E-state index in [-0.39, 0.29) is 31.2 Å². The normalized spacial score (nSPS) is 10.3. The molecule has 0 unspecified atom stereocenters. The van der Waals surface area contributed by atoms with Crippen LogP contribution in [0.5, 0.6) is 23.0 Å². The first-order valence-corrected chi connectivity index (χ1v) is 9.88. The van der Waals surface area contributed by atoms with Gasteiger partial charge in [-0.3, -0.25) is 9.59 Å². The topological polar surface area (TPSA) is 101 Å². The molecule has 9 nitrogen and oxygen atoms in total. The fourth-order valence-corrected chi connectivity index (χ4v) is 2.96. The third-order valence-electron chi connectivity index (χ3n) is 4.61. The van der Waals surface area contributed by atoms with E-state index in [1.807, 2.05) is 0 Å². The molecule has 32 heavy (non-hydrogen) atoms. The molecule has 0 aliphatic heterocycles. The molecule has 1 N–H and O–H groups in total. The highest BCUT2D eigenvalue weighted by atomic mass is 16.5. The van der Waals surface area contributed by atoms with E-state index in [2.05, 4.69) is 10.4 Å². The molecule has 0 atom stereocenters. The summed E-state index contributed by atoms with van der Waals surface area (Å²) in [5.41, 5.74) is 0.960. The van der Waals surface area contributed by atoms with Gasteiger partial charge in [0.2, 0.25) is 0 Å². The molecule has 168 valence electrons. The van der Waals surface area contributed by atoms with Crippen molar-refractivity contribution in [2.75, 3.05) is 34.5 Å². The van der Waals surface area contributed by atoms with Crippen LogP contribution < -0.4 is 29.8 Å². The standard InChI is InChI=1S/C23H25N3O6/c1-29-16-5-4-6-18(13-16)32-15-22(27)24-11-12-26-23(28)10-8-20(25-26)19-14-17(30-2)7-9-21(19)31-3/h4-10,13-14H,11-12,15H2,1-3H3,(H,24,27). The fourth-order valence-electron chi connectivity index (χ4n) is 2.96. The van der Waals surface area contributed by atoms with Gasteiger partial charge in [-0.25, -0.2) is 4.68 Å². The Morgan fingerprint density at radius 3 is 2.44 bits per heavy atom. The molecule has 3 rings (SSSR count). The number of aromatic nitrogens is 2. The monoisotopic (exact) mass is 439 g/mol. The highest BCUT2D eigenvalue weighted by Crippen LogP contribution is 2.31. The van der Waals surface area contributed by atoms with Crippen LogP contribution in [-0.2, 0) is 11.3 Å². The second-order valence-electron chi connectivity index (χ2n) is 6.66. The number of hydrogen-bond donors (Lipinski definition) is 1. The lowest BCUT2D eigenvalue weighted by Crippen LogP contribution is -2.34. The zero-order chi connectivity index (χ0) is 22.9. The van der Waals surface area contributed by atoms with Crippen molar-refractivity contribution in [3.63, 3.8) is 0 Å². The van der Waals surface area contributed by atoms with E-state index in [1.54, 1.807) is 69.9 Å². The van der Waals surface area contributed by atoms with Gasteiger partial charge in [0, 0.05) is 24.2 Å².